The summed E-state index contributed by atoms with van der Waals surface area (Å²) < 4.78 is 0. The van der Waals surface area contributed by atoms with Crippen molar-refractivity contribution in [3.63, 3.8) is 0 Å². The zero-order valence-electron chi connectivity index (χ0n) is 18.8. The quantitative estimate of drug-likeness (QED) is 0.492. The van der Waals surface area contributed by atoms with Gasteiger partial charge >= 0.3 is 0 Å². The maximum atomic E-state index is 12.8. The highest BCUT2D eigenvalue weighted by atomic mass is 16.3. The van der Waals surface area contributed by atoms with Gasteiger partial charge in [0.1, 0.15) is 5.69 Å². The Morgan fingerprint density at radius 1 is 0.970 bits per heavy atom. The van der Waals surface area contributed by atoms with Crippen molar-refractivity contribution in [3.8, 4) is 0 Å². The van der Waals surface area contributed by atoms with Crippen LogP contribution in [-0.4, -0.2) is 70.1 Å². The number of rotatable bonds is 9. The molecular formula is C26H31N5O2. The van der Waals surface area contributed by atoms with Gasteiger partial charge in [-0.2, -0.15) is 0 Å². The van der Waals surface area contributed by atoms with Gasteiger partial charge in [-0.1, -0.05) is 42.5 Å². The summed E-state index contributed by atoms with van der Waals surface area (Å²) in [6, 6.07) is 19.4. The lowest BCUT2D eigenvalue weighted by Gasteiger charge is -2.34. The molecule has 1 atom stereocenters. The van der Waals surface area contributed by atoms with Crippen molar-refractivity contribution in [1.29, 1.82) is 0 Å². The molecule has 0 radical (unpaired) electrons. The van der Waals surface area contributed by atoms with Crippen molar-refractivity contribution >= 4 is 5.91 Å². The number of amides is 1. The molecule has 0 spiro atoms. The molecule has 172 valence electrons. The van der Waals surface area contributed by atoms with Crippen molar-refractivity contribution in [2.45, 2.75) is 19.1 Å². The largest absolute Gasteiger partial charge is 0.387 e. The highest BCUT2D eigenvalue weighted by Gasteiger charge is 2.23. The first-order valence-corrected chi connectivity index (χ1v) is 11.5. The van der Waals surface area contributed by atoms with Crippen molar-refractivity contribution in [1.82, 2.24) is 25.1 Å². The van der Waals surface area contributed by atoms with Crippen LogP contribution in [0.2, 0.25) is 0 Å². The summed E-state index contributed by atoms with van der Waals surface area (Å²) in [6.45, 7) is 5.11. The third-order valence-electron chi connectivity index (χ3n) is 5.93. The van der Waals surface area contributed by atoms with Crippen molar-refractivity contribution in [2.24, 2.45) is 0 Å². The maximum Gasteiger partial charge on any atom is 0.272 e. The Morgan fingerprint density at radius 3 is 2.45 bits per heavy atom. The number of benzene rings is 1. The van der Waals surface area contributed by atoms with Crippen molar-refractivity contribution in [2.75, 3.05) is 39.3 Å². The zero-order chi connectivity index (χ0) is 22.9. The van der Waals surface area contributed by atoms with Crippen LogP contribution in [0.15, 0.2) is 73.1 Å². The molecule has 1 amide bonds. The summed E-state index contributed by atoms with van der Waals surface area (Å²) in [5.74, 6) is -0.0110. The van der Waals surface area contributed by atoms with Crippen LogP contribution in [-0.2, 0) is 13.0 Å². The van der Waals surface area contributed by atoms with E-state index in [-0.39, 0.29) is 5.91 Å². The smallest absolute Gasteiger partial charge is 0.272 e. The minimum atomic E-state index is -0.520. The molecule has 3 aromatic rings. The van der Waals surface area contributed by atoms with E-state index in [0.29, 0.717) is 25.3 Å². The van der Waals surface area contributed by atoms with Gasteiger partial charge in [0.05, 0.1) is 11.8 Å². The molecule has 1 saturated heterocycles. The van der Waals surface area contributed by atoms with E-state index in [1.165, 1.54) is 0 Å². The standard InChI is InChI=1S/C26H31N5O2/c32-25(22-6-2-1-3-7-22)19-27-13-11-21-9-10-24(29-18-21)26(33)31-16-14-30(15-17-31)20-23-8-4-5-12-28-23/h1-10,12,18,25,27,32H,11,13-17,19-20H2/t25-/m0/s1. The van der Waals surface area contributed by atoms with Gasteiger partial charge in [-0.3, -0.25) is 19.7 Å². The summed E-state index contributed by atoms with van der Waals surface area (Å²) >= 11 is 0. The zero-order valence-corrected chi connectivity index (χ0v) is 18.8. The number of nitrogens with one attached hydrogen (secondary N) is 1. The van der Waals surface area contributed by atoms with Crippen molar-refractivity contribution in [3.05, 3.63) is 95.6 Å². The van der Waals surface area contributed by atoms with Crippen LogP contribution >= 0.6 is 0 Å². The van der Waals surface area contributed by atoms with Gasteiger partial charge < -0.3 is 15.3 Å². The van der Waals surface area contributed by atoms with Gasteiger partial charge in [0, 0.05) is 51.7 Å². The molecule has 2 aromatic heterocycles. The lowest BCUT2D eigenvalue weighted by atomic mass is 10.1. The average Bonchev–Trinajstić information content (AvgIpc) is 2.88. The molecule has 0 bridgehead atoms. The normalized spacial score (nSPS) is 15.4. The molecule has 4 rings (SSSR count). The summed E-state index contributed by atoms with van der Waals surface area (Å²) in [5.41, 5.74) is 3.52. The summed E-state index contributed by atoms with van der Waals surface area (Å²) in [7, 11) is 0. The number of hydrogen-bond acceptors (Lipinski definition) is 6. The van der Waals surface area contributed by atoms with Crippen molar-refractivity contribution < 1.29 is 9.90 Å². The monoisotopic (exact) mass is 445 g/mol. The number of nitrogens with zero attached hydrogens (tertiary/aromatic N) is 4. The van der Waals surface area contributed by atoms with E-state index in [9.17, 15) is 9.90 Å². The fourth-order valence-corrected chi connectivity index (χ4v) is 3.96. The Labute approximate surface area is 195 Å². The van der Waals surface area contributed by atoms with Gasteiger partial charge in [-0.25, -0.2) is 0 Å². The molecule has 7 heteroatoms. The van der Waals surface area contributed by atoms with E-state index in [2.05, 4.69) is 20.2 Å². The van der Waals surface area contributed by atoms with E-state index >= 15 is 0 Å². The average molecular weight is 446 g/mol. The molecule has 1 aliphatic heterocycles. The lowest BCUT2D eigenvalue weighted by Crippen LogP contribution is -2.48. The fourth-order valence-electron chi connectivity index (χ4n) is 3.96. The molecule has 2 N–H and O–H groups in total. The molecule has 1 aliphatic rings. The highest BCUT2D eigenvalue weighted by Crippen LogP contribution is 2.12. The molecule has 0 unspecified atom stereocenters. The van der Waals surface area contributed by atoms with Crippen LogP contribution in [0, 0.1) is 0 Å². The summed E-state index contributed by atoms with van der Waals surface area (Å²) in [6.07, 6.45) is 3.86. The Kier molecular flexibility index (Phi) is 8.14. The van der Waals surface area contributed by atoms with Crippen LogP contribution in [0.3, 0.4) is 0 Å². The number of aliphatic hydroxyl groups excluding tert-OH is 1. The van der Waals surface area contributed by atoms with Crippen LogP contribution in [0.25, 0.3) is 0 Å². The number of aliphatic hydroxyl groups is 1. The predicted molar refractivity (Wildman–Crippen MR) is 128 cm³/mol. The van der Waals surface area contributed by atoms with Gasteiger partial charge in [0.25, 0.3) is 5.91 Å². The number of aromatic nitrogens is 2. The van der Waals surface area contributed by atoms with Gasteiger partial charge in [-0.05, 0) is 42.3 Å². The second-order valence-corrected chi connectivity index (χ2v) is 8.32. The fraction of sp³-hybridized carbons (Fsp3) is 0.346. The predicted octanol–water partition coefficient (Wildman–Crippen LogP) is 2.30. The first kappa shape index (κ1) is 23.0. The SMILES string of the molecule is O=C(c1ccc(CCNC[C@H](O)c2ccccc2)cn1)N1CCN(Cc2ccccn2)CC1. The minimum absolute atomic E-state index is 0.0110. The van der Waals surface area contributed by atoms with E-state index in [0.717, 1.165) is 49.4 Å². The van der Waals surface area contributed by atoms with Gasteiger partial charge in [0.2, 0.25) is 0 Å². The molecule has 3 heterocycles. The molecule has 7 nitrogen and oxygen atoms in total. The second-order valence-electron chi connectivity index (χ2n) is 8.32. The molecule has 0 aliphatic carbocycles. The van der Waals surface area contributed by atoms with Crippen LogP contribution in [0.5, 0.6) is 0 Å². The van der Waals surface area contributed by atoms with Crippen LogP contribution in [0.1, 0.15) is 33.4 Å². The number of hydrogen-bond donors (Lipinski definition) is 2. The van der Waals surface area contributed by atoms with Crippen LogP contribution in [0.4, 0.5) is 0 Å². The van der Waals surface area contributed by atoms with E-state index in [1.807, 2.05) is 71.8 Å². The van der Waals surface area contributed by atoms with E-state index in [4.69, 9.17) is 0 Å². The van der Waals surface area contributed by atoms with Gasteiger partial charge in [0.15, 0.2) is 0 Å². The maximum absolute atomic E-state index is 12.8. The second kappa shape index (κ2) is 11.7. The third-order valence-corrected chi connectivity index (χ3v) is 5.93. The Bertz CT molecular complexity index is 990. The lowest BCUT2D eigenvalue weighted by molar-refractivity contribution is 0.0621. The molecule has 33 heavy (non-hydrogen) atoms. The first-order chi connectivity index (χ1) is 16.2. The van der Waals surface area contributed by atoms with E-state index in [1.54, 1.807) is 6.20 Å². The highest BCUT2D eigenvalue weighted by molar-refractivity contribution is 5.92. The van der Waals surface area contributed by atoms with E-state index < -0.39 is 6.10 Å². The molecular weight excluding hydrogens is 414 g/mol. The Morgan fingerprint density at radius 2 is 1.76 bits per heavy atom. The Hall–Kier alpha value is -3.13. The minimum Gasteiger partial charge on any atom is -0.387 e. The number of carbonyl (C=O) groups is 1. The topological polar surface area (TPSA) is 81.6 Å². The number of carbonyl (C=O) groups excluding carboxylic acids is 1. The molecule has 0 saturated carbocycles. The first-order valence-electron chi connectivity index (χ1n) is 11.5. The Balaban J connectivity index is 1.18. The molecule has 1 fully saturated rings. The van der Waals surface area contributed by atoms with Crippen LogP contribution < -0.4 is 5.32 Å². The van der Waals surface area contributed by atoms with Gasteiger partial charge in [-0.15, -0.1) is 0 Å². The number of piperazine rings is 1. The summed E-state index contributed by atoms with van der Waals surface area (Å²) in [4.78, 5) is 25.8. The summed E-state index contributed by atoms with van der Waals surface area (Å²) in [5, 5.41) is 13.5. The number of pyridine rings is 2. The third kappa shape index (κ3) is 6.68. The molecule has 1 aromatic carbocycles.